The lowest BCUT2D eigenvalue weighted by molar-refractivity contribution is -0.122. The fourth-order valence-corrected chi connectivity index (χ4v) is 5.75. The number of hydrogen-bond acceptors (Lipinski definition) is 4. The Morgan fingerprint density at radius 3 is 2.62 bits per heavy atom. The van der Waals surface area contributed by atoms with Gasteiger partial charge < -0.3 is 4.90 Å². The lowest BCUT2D eigenvalue weighted by atomic mass is 9.90. The summed E-state index contributed by atoms with van der Waals surface area (Å²) < 4.78 is 0. The van der Waals surface area contributed by atoms with Gasteiger partial charge in [-0.1, -0.05) is 60.7 Å². The number of hydrogen-bond donors (Lipinski definition) is 0. The molecule has 4 nitrogen and oxygen atoms in total. The van der Waals surface area contributed by atoms with E-state index in [1.165, 1.54) is 23.0 Å². The van der Waals surface area contributed by atoms with Crippen molar-refractivity contribution >= 4 is 34.6 Å². The monoisotopic (exact) mass is 441 g/mol. The predicted octanol–water partition coefficient (Wildman–Crippen LogP) is 5.60. The molecule has 162 valence electrons. The van der Waals surface area contributed by atoms with Crippen molar-refractivity contribution < 1.29 is 4.79 Å². The number of allylic oxidation sites excluding steroid dienone is 2. The minimum Gasteiger partial charge on any atom is -0.364 e. The van der Waals surface area contributed by atoms with Gasteiger partial charge in [0.1, 0.15) is 0 Å². The third-order valence-electron chi connectivity index (χ3n) is 6.27. The number of amidine groups is 1. The van der Waals surface area contributed by atoms with E-state index in [1.807, 2.05) is 31.2 Å². The van der Waals surface area contributed by atoms with Crippen molar-refractivity contribution in [1.29, 1.82) is 0 Å². The second-order valence-electron chi connectivity index (χ2n) is 8.13. The maximum absolute atomic E-state index is 13.1. The van der Waals surface area contributed by atoms with Gasteiger partial charge in [0.25, 0.3) is 5.91 Å². The van der Waals surface area contributed by atoms with Crippen LogP contribution < -0.4 is 4.90 Å². The zero-order valence-corrected chi connectivity index (χ0v) is 19.3. The van der Waals surface area contributed by atoms with Crippen molar-refractivity contribution in [2.45, 2.75) is 32.4 Å². The SMILES string of the molecule is CCN1C(=O)/C(=C\c2ccc3c(c2)C2C=CC=CC2N3CC)S/C1=N/Cc1ccccc1. The average molecular weight is 442 g/mol. The summed E-state index contributed by atoms with van der Waals surface area (Å²) in [5.41, 5.74) is 4.85. The average Bonchev–Trinajstić information content (AvgIpc) is 3.31. The van der Waals surface area contributed by atoms with Crippen LogP contribution >= 0.6 is 11.8 Å². The van der Waals surface area contributed by atoms with E-state index in [1.54, 1.807) is 4.90 Å². The molecule has 2 unspecified atom stereocenters. The van der Waals surface area contributed by atoms with Gasteiger partial charge in [-0.3, -0.25) is 14.7 Å². The number of thioether (sulfide) groups is 1. The molecule has 2 heterocycles. The summed E-state index contributed by atoms with van der Waals surface area (Å²) in [5.74, 6) is 0.411. The van der Waals surface area contributed by atoms with Crippen LogP contribution in [0.3, 0.4) is 0 Å². The molecule has 2 aromatic carbocycles. The van der Waals surface area contributed by atoms with E-state index in [-0.39, 0.29) is 5.91 Å². The molecular formula is C27H27N3OS. The molecule has 1 fully saturated rings. The Morgan fingerprint density at radius 1 is 1.03 bits per heavy atom. The summed E-state index contributed by atoms with van der Waals surface area (Å²) in [6, 6.07) is 17.1. The molecule has 1 aliphatic carbocycles. The number of aliphatic imine (C=N–C) groups is 1. The predicted molar refractivity (Wildman–Crippen MR) is 135 cm³/mol. The van der Waals surface area contributed by atoms with E-state index in [0.29, 0.717) is 25.0 Å². The normalized spacial score (nSPS) is 24.0. The van der Waals surface area contributed by atoms with Gasteiger partial charge in [-0.25, -0.2) is 0 Å². The first-order valence-electron chi connectivity index (χ1n) is 11.2. The van der Waals surface area contributed by atoms with Crippen molar-refractivity contribution in [1.82, 2.24) is 4.90 Å². The van der Waals surface area contributed by atoms with Gasteiger partial charge in [0, 0.05) is 24.7 Å². The number of anilines is 1. The third-order valence-corrected chi connectivity index (χ3v) is 7.31. The summed E-state index contributed by atoms with van der Waals surface area (Å²) in [6.45, 7) is 6.38. The molecule has 0 saturated carbocycles. The lowest BCUT2D eigenvalue weighted by Crippen LogP contribution is -2.32. The van der Waals surface area contributed by atoms with E-state index in [4.69, 9.17) is 4.99 Å². The minimum absolute atomic E-state index is 0.0402. The van der Waals surface area contributed by atoms with Gasteiger partial charge in [-0.05, 0) is 60.5 Å². The highest BCUT2D eigenvalue weighted by Gasteiger charge is 2.36. The van der Waals surface area contributed by atoms with Gasteiger partial charge in [-0.2, -0.15) is 0 Å². The maximum atomic E-state index is 13.1. The van der Waals surface area contributed by atoms with Crippen molar-refractivity contribution in [3.05, 3.63) is 94.4 Å². The summed E-state index contributed by atoms with van der Waals surface area (Å²) >= 11 is 1.48. The smallest absolute Gasteiger partial charge is 0.266 e. The number of likely N-dealkylation sites (N-methyl/N-ethyl adjacent to an activating group) is 2. The number of rotatable bonds is 5. The molecule has 2 atom stereocenters. The van der Waals surface area contributed by atoms with Crippen molar-refractivity contribution in [3.8, 4) is 0 Å². The van der Waals surface area contributed by atoms with Crippen molar-refractivity contribution in [3.63, 3.8) is 0 Å². The van der Waals surface area contributed by atoms with Crippen LogP contribution in [0.1, 0.15) is 36.5 Å². The van der Waals surface area contributed by atoms with E-state index in [9.17, 15) is 4.79 Å². The molecule has 0 aromatic heterocycles. The van der Waals surface area contributed by atoms with Crippen LogP contribution in [0.15, 0.2) is 82.7 Å². The van der Waals surface area contributed by atoms with E-state index >= 15 is 0 Å². The third kappa shape index (κ3) is 3.71. The maximum Gasteiger partial charge on any atom is 0.266 e. The molecule has 1 amide bonds. The Morgan fingerprint density at radius 2 is 1.84 bits per heavy atom. The number of benzene rings is 2. The number of fused-ring (bicyclic) bond motifs is 3. The molecule has 0 N–H and O–H groups in total. The Labute approximate surface area is 194 Å². The zero-order valence-electron chi connectivity index (χ0n) is 18.4. The highest BCUT2D eigenvalue weighted by molar-refractivity contribution is 8.18. The highest BCUT2D eigenvalue weighted by atomic mass is 32.2. The second-order valence-corrected chi connectivity index (χ2v) is 9.14. The molecule has 3 aliphatic rings. The first kappa shape index (κ1) is 20.8. The van der Waals surface area contributed by atoms with Gasteiger partial charge in [0.2, 0.25) is 0 Å². The van der Waals surface area contributed by atoms with Crippen LogP contribution in [0.5, 0.6) is 0 Å². The first-order chi connectivity index (χ1) is 15.7. The van der Waals surface area contributed by atoms with Gasteiger partial charge in [-0.15, -0.1) is 0 Å². The van der Waals surface area contributed by atoms with Crippen LogP contribution in [0.4, 0.5) is 5.69 Å². The summed E-state index contributed by atoms with van der Waals surface area (Å²) in [5, 5.41) is 0.784. The first-order valence-corrected chi connectivity index (χ1v) is 12.1. The molecule has 1 saturated heterocycles. The van der Waals surface area contributed by atoms with Crippen LogP contribution in [-0.4, -0.2) is 35.1 Å². The van der Waals surface area contributed by atoms with Crippen LogP contribution in [0.2, 0.25) is 0 Å². The molecule has 0 radical (unpaired) electrons. The lowest BCUT2D eigenvalue weighted by Gasteiger charge is -2.27. The fraction of sp³-hybridized carbons (Fsp3) is 0.259. The number of carbonyl (C=O) groups excluding carboxylic acids is 1. The fourth-order valence-electron chi connectivity index (χ4n) is 4.71. The summed E-state index contributed by atoms with van der Waals surface area (Å²) in [6.07, 6.45) is 10.9. The van der Waals surface area contributed by atoms with Crippen LogP contribution in [0, 0.1) is 0 Å². The van der Waals surface area contributed by atoms with E-state index in [0.717, 1.165) is 27.7 Å². The molecule has 2 aliphatic heterocycles. The standard InChI is InChI=1S/C27H27N3OS/c1-3-29-23-13-9-8-12-21(23)22-16-20(14-15-24(22)29)17-25-26(31)30(4-2)27(32-25)28-18-19-10-6-5-7-11-19/h5-17,21,23H,3-4,18H2,1-2H3/b25-17+,28-27+. The van der Waals surface area contributed by atoms with E-state index < -0.39 is 0 Å². The topological polar surface area (TPSA) is 35.9 Å². The zero-order chi connectivity index (χ0) is 22.1. The van der Waals surface area contributed by atoms with Crippen molar-refractivity contribution in [2.75, 3.05) is 18.0 Å². The Bertz CT molecular complexity index is 1150. The largest absolute Gasteiger partial charge is 0.364 e. The number of carbonyl (C=O) groups is 1. The van der Waals surface area contributed by atoms with Crippen LogP contribution in [-0.2, 0) is 11.3 Å². The Hall–Kier alpha value is -3.05. The summed E-state index contributed by atoms with van der Waals surface area (Å²) in [7, 11) is 0. The Balaban J connectivity index is 1.42. The number of amides is 1. The number of nitrogens with zero attached hydrogens (tertiary/aromatic N) is 3. The van der Waals surface area contributed by atoms with Crippen molar-refractivity contribution in [2.24, 2.45) is 4.99 Å². The highest BCUT2D eigenvalue weighted by Crippen LogP contribution is 2.44. The van der Waals surface area contributed by atoms with Gasteiger partial charge in [0.05, 0.1) is 17.5 Å². The summed E-state index contributed by atoms with van der Waals surface area (Å²) in [4.78, 5) is 22.8. The molecule has 32 heavy (non-hydrogen) atoms. The molecule has 0 bridgehead atoms. The molecule has 0 spiro atoms. The molecular weight excluding hydrogens is 414 g/mol. The Kier molecular flexibility index (Phi) is 5.75. The van der Waals surface area contributed by atoms with E-state index in [2.05, 4.69) is 66.5 Å². The second kappa shape index (κ2) is 8.83. The molecule has 5 heteroatoms. The minimum atomic E-state index is 0.0402. The van der Waals surface area contributed by atoms with Gasteiger partial charge in [0.15, 0.2) is 5.17 Å². The van der Waals surface area contributed by atoms with Gasteiger partial charge >= 0.3 is 0 Å². The molecule has 2 aromatic rings. The quantitative estimate of drug-likeness (QED) is 0.567. The molecule has 5 rings (SSSR count). The van der Waals surface area contributed by atoms with Crippen LogP contribution in [0.25, 0.3) is 6.08 Å².